The first-order valence-corrected chi connectivity index (χ1v) is 6.04. The topological polar surface area (TPSA) is 40.5 Å². The van der Waals surface area contributed by atoms with Gasteiger partial charge in [0, 0.05) is 0 Å². The van der Waals surface area contributed by atoms with E-state index >= 15 is 0 Å². The van der Waals surface area contributed by atoms with Crippen LogP contribution in [0, 0.1) is 17.8 Å². The van der Waals surface area contributed by atoms with Gasteiger partial charge < -0.3 is 10.2 Å². The largest absolute Gasteiger partial charge is 0.390 e. The second-order valence-corrected chi connectivity index (χ2v) is 5.34. The van der Waals surface area contributed by atoms with Crippen LogP contribution in [-0.2, 0) is 0 Å². The van der Waals surface area contributed by atoms with Crippen LogP contribution in [0.4, 0.5) is 0 Å². The molecule has 0 aliphatic heterocycles. The van der Waals surface area contributed by atoms with Crippen LogP contribution >= 0.6 is 0 Å². The van der Waals surface area contributed by atoms with Crippen LogP contribution < -0.4 is 0 Å². The molecule has 2 unspecified atom stereocenters. The summed E-state index contributed by atoms with van der Waals surface area (Å²) in [6, 6.07) is 0. The van der Waals surface area contributed by atoms with Gasteiger partial charge in [0.1, 0.15) is 0 Å². The summed E-state index contributed by atoms with van der Waals surface area (Å²) in [6.45, 7) is 2.28. The Morgan fingerprint density at radius 3 is 1.50 bits per heavy atom. The third-order valence-electron chi connectivity index (χ3n) is 4.00. The molecule has 0 aromatic carbocycles. The molecular weight excluding hydrogens is 176 g/mol. The van der Waals surface area contributed by atoms with Crippen molar-refractivity contribution in [2.75, 3.05) is 0 Å². The lowest BCUT2D eigenvalue weighted by Gasteiger charge is -2.32. The fourth-order valence-electron chi connectivity index (χ4n) is 2.62. The normalized spacial score (nSPS) is 37.9. The molecule has 2 aliphatic rings. The molecule has 0 amide bonds. The summed E-state index contributed by atoms with van der Waals surface area (Å²) in [6.07, 6.45) is 5.99. The van der Waals surface area contributed by atoms with Crippen molar-refractivity contribution in [3.05, 3.63) is 0 Å². The van der Waals surface area contributed by atoms with Gasteiger partial charge in [-0.25, -0.2) is 0 Å². The van der Waals surface area contributed by atoms with Crippen LogP contribution in [0.2, 0.25) is 0 Å². The van der Waals surface area contributed by atoms with Crippen molar-refractivity contribution in [1.82, 2.24) is 0 Å². The Bertz CT molecular complexity index is 181. The number of hydrogen-bond acceptors (Lipinski definition) is 2. The average Bonchev–Trinajstić information content (AvgIpc) is 3.00. The molecule has 0 heterocycles. The van der Waals surface area contributed by atoms with E-state index in [0.29, 0.717) is 11.8 Å². The number of aliphatic hydroxyl groups is 2. The summed E-state index contributed by atoms with van der Waals surface area (Å²) in [5.41, 5.74) is 0. The van der Waals surface area contributed by atoms with E-state index in [1.807, 2.05) is 0 Å². The van der Waals surface area contributed by atoms with Crippen LogP contribution in [0.5, 0.6) is 0 Å². The average molecular weight is 198 g/mol. The Morgan fingerprint density at radius 1 is 0.786 bits per heavy atom. The highest BCUT2D eigenvalue weighted by Crippen LogP contribution is 2.38. The SMILES string of the molecule is CC1CCC(C(O)C(O)C2CC2)CC1. The molecule has 0 aromatic heterocycles. The highest BCUT2D eigenvalue weighted by atomic mass is 16.3. The minimum Gasteiger partial charge on any atom is -0.390 e. The van der Waals surface area contributed by atoms with Crippen molar-refractivity contribution in [3.8, 4) is 0 Å². The molecule has 14 heavy (non-hydrogen) atoms. The van der Waals surface area contributed by atoms with Crippen LogP contribution in [-0.4, -0.2) is 22.4 Å². The van der Waals surface area contributed by atoms with Gasteiger partial charge in [-0.15, -0.1) is 0 Å². The zero-order chi connectivity index (χ0) is 10.1. The molecule has 0 saturated heterocycles. The molecule has 0 aromatic rings. The molecule has 0 bridgehead atoms. The molecule has 2 N–H and O–H groups in total. The van der Waals surface area contributed by atoms with E-state index < -0.39 is 12.2 Å². The first-order valence-electron chi connectivity index (χ1n) is 6.04. The Kier molecular flexibility index (Phi) is 3.13. The summed E-state index contributed by atoms with van der Waals surface area (Å²) >= 11 is 0. The highest BCUT2D eigenvalue weighted by molar-refractivity contribution is 4.89. The van der Waals surface area contributed by atoms with Crippen LogP contribution in [0.1, 0.15) is 45.4 Å². The highest BCUT2D eigenvalue weighted by Gasteiger charge is 2.38. The van der Waals surface area contributed by atoms with E-state index in [1.165, 1.54) is 12.8 Å². The molecule has 2 nitrogen and oxygen atoms in total. The van der Waals surface area contributed by atoms with Gasteiger partial charge in [-0.1, -0.05) is 19.8 Å². The Morgan fingerprint density at radius 2 is 1.14 bits per heavy atom. The quantitative estimate of drug-likeness (QED) is 0.727. The van der Waals surface area contributed by atoms with Gasteiger partial charge in [0.25, 0.3) is 0 Å². The second kappa shape index (κ2) is 4.19. The maximum atomic E-state index is 9.99. The van der Waals surface area contributed by atoms with E-state index in [2.05, 4.69) is 6.92 Å². The first-order chi connectivity index (χ1) is 6.68. The van der Waals surface area contributed by atoms with Gasteiger partial charge in [-0.3, -0.25) is 0 Å². The molecular formula is C12H22O2. The van der Waals surface area contributed by atoms with Crippen molar-refractivity contribution in [2.24, 2.45) is 17.8 Å². The van der Waals surface area contributed by atoms with Gasteiger partial charge in [-0.05, 0) is 43.4 Å². The molecule has 2 fully saturated rings. The van der Waals surface area contributed by atoms with Crippen LogP contribution in [0.15, 0.2) is 0 Å². The number of rotatable bonds is 3. The van der Waals surface area contributed by atoms with Crippen molar-refractivity contribution in [3.63, 3.8) is 0 Å². The molecule has 0 spiro atoms. The minimum absolute atomic E-state index is 0.363. The van der Waals surface area contributed by atoms with E-state index in [-0.39, 0.29) is 0 Å². The van der Waals surface area contributed by atoms with Crippen LogP contribution in [0.25, 0.3) is 0 Å². The number of aliphatic hydroxyl groups excluding tert-OH is 2. The second-order valence-electron chi connectivity index (χ2n) is 5.34. The third kappa shape index (κ3) is 2.29. The van der Waals surface area contributed by atoms with Gasteiger partial charge in [-0.2, -0.15) is 0 Å². The lowest BCUT2D eigenvalue weighted by Crippen LogP contribution is -2.36. The first kappa shape index (κ1) is 10.4. The van der Waals surface area contributed by atoms with Crippen molar-refractivity contribution < 1.29 is 10.2 Å². The Labute approximate surface area is 86.3 Å². The molecule has 0 radical (unpaired) electrons. The Balaban J connectivity index is 1.81. The van der Waals surface area contributed by atoms with Crippen molar-refractivity contribution in [2.45, 2.75) is 57.7 Å². The van der Waals surface area contributed by atoms with E-state index in [9.17, 15) is 10.2 Å². The Hall–Kier alpha value is -0.0800. The standard InChI is InChI=1S/C12H22O2/c1-8-2-4-9(5-3-8)11(13)12(14)10-6-7-10/h8-14H,2-7H2,1H3. The maximum absolute atomic E-state index is 9.99. The molecule has 2 atom stereocenters. The summed E-state index contributed by atoms with van der Waals surface area (Å²) < 4.78 is 0. The molecule has 82 valence electrons. The summed E-state index contributed by atoms with van der Waals surface area (Å²) in [7, 11) is 0. The minimum atomic E-state index is -0.449. The molecule has 2 rings (SSSR count). The molecule has 2 aliphatic carbocycles. The maximum Gasteiger partial charge on any atom is 0.0829 e. The van der Waals surface area contributed by atoms with Crippen LogP contribution in [0.3, 0.4) is 0 Å². The fourth-order valence-corrected chi connectivity index (χ4v) is 2.62. The molecule has 2 saturated carbocycles. The summed E-state index contributed by atoms with van der Waals surface area (Å²) in [5, 5.41) is 19.8. The monoisotopic (exact) mass is 198 g/mol. The number of hydrogen-bond donors (Lipinski definition) is 2. The van der Waals surface area contributed by atoms with Gasteiger partial charge in [0.2, 0.25) is 0 Å². The summed E-state index contributed by atoms with van der Waals surface area (Å²) in [5.74, 6) is 1.59. The van der Waals surface area contributed by atoms with Gasteiger partial charge >= 0.3 is 0 Å². The van der Waals surface area contributed by atoms with Gasteiger partial charge in [0.05, 0.1) is 12.2 Å². The zero-order valence-electron chi connectivity index (χ0n) is 9.02. The molecule has 2 heteroatoms. The lowest BCUT2D eigenvalue weighted by atomic mass is 9.78. The smallest absolute Gasteiger partial charge is 0.0829 e. The predicted octanol–water partition coefficient (Wildman–Crippen LogP) is 1.94. The van der Waals surface area contributed by atoms with Gasteiger partial charge in [0.15, 0.2) is 0 Å². The van der Waals surface area contributed by atoms with E-state index in [0.717, 1.165) is 31.6 Å². The third-order valence-corrected chi connectivity index (χ3v) is 4.00. The van der Waals surface area contributed by atoms with E-state index in [1.54, 1.807) is 0 Å². The van der Waals surface area contributed by atoms with Crippen molar-refractivity contribution >= 4 is 0 Å². The fraction of sp³-hybridized carbons (Fsp3) is 1.00. The summed E-state index contributed by atoms with van der Waals surface area (Å²) in [4.78, 5) is 0. The lowest BCUT2D eigenvalue weighted by molar-refractivity contribution is -0.0402. The van der Waals surface area contributed by atoms with Crippen molar-refractivity contribution in [1.29, 1.82) is 0 Å². The zero-order valence-corrected chi connectivity index (χ0v) is 9.02. The van der Waals surface area contributed by atoms with E-state index in [4.69, 9.17) is 0 Å². The predicted molar refractivity (Wildman–Crippen MR) is 55.9 cm³/mol.